The number of thiophene rings is 2. The second kappa shape index (κ2) is 18.0. The maximum Gasteiger partial charge on any atom is 0.658 e. The Morgan fingerprint density at radius 1 is 0.585 bits per heavy atom. The van der Waals surface area contributed by atoms with Crippen molar-refractivity contribution in [3.05, 3.63) is 154 Å². The van der Waals surface area contributed by atoms with E-state index in [2.05, 4.69) is 10.6 Å². The lowest BCUT2D eigenvalue weighted by molar-refractivity contribution is 0.0943. The number of carbonyl (C=O) groups excluding carboxylic acids is 2. The van der Waals surface area contributed by atoms with Crippen molar-refractivity contribution in [3.8, 4) is 11.5 Å². The molecular formula is C36H28BN4O8S4-2. The highest BCUT2D eigenvalue weighted by molar-refractivity contribution is 7.81. The van der Waals surface area contributed by atoms with E-state index in [0.29, 0.717) is 32.5 Å². The fourth-order valence-corrected chi connectivity index (χ4v) is 8.26. The zero-order chi connectivity index (χ0) is 37.2. The largest absolute Gasteiger partial charge is 0.755 e. The lowest BCUT2D eigenvalue weighted by Crippen LogP contribution is -2.22. The molecule has 1 radical (unpaired) electrons. The summed E-state index contributed by atoms with van der Waals surface area (Å²) in [6.45, 7) is 0.445. The minimum absolute atomic E-state index is 0.222. The van der Waals surface area contributed by atoms with Crippen LogP contribution in [0.25, 0.3) is 0 Å². The number of hydrogen-bond acceptors (Lipinski definition) is 10. The number of nitrogens with zero attached hydrogens (tertiary/aromatic N) is 2. The summed E-state index contributed by atoms with van der Waals surface area (Å²) < 4.78 is 62.9. The molecule has 0 aliphatic rings. The third-order valence-electron chi connectivity index (χ3n) is 7.38. The van der Waals surface area contributed by atoms with E-state index in [4.69, 9.17) is 9.31 Å². The van der Waals surface area contributed by atoms with E-state index < -0.39 is 22.5 Å². The summed E-state index contributed by atoms with van der Waals surface area (Å²) in [7, 11) is 1.05. The first-order valence-electron chi connectivity index (χ1n) is 15.7. The maximum absolute atomic E-state index is 12.4. The average molecular weight is 784 g/mol. The highest BCUT2D eigenvalue weighted by Gasteiger charge is 2.17. The van der Waals surface area contributed by atoms with Gasteiger partial charge in [-0.2, -0.15) is 0 Å². The van der Waals surface area contributed by atoms with Crippen molar-refractivity contribution >= 4 is 86.1 Å². The van der Waals surface area contributed by atoms with E-state index in [1.54, 1.807) is 109 Å². The number of rotatable bonds is 16. The van der Waals surface area contributed by atoms with E-state index in [1.807, 2.05) is 12.1 Å². The van der Waals surface area contributed by atoms with Crippen molar-refractivity contribution in [3.63, 3.8) is 0 Å². The third kappa shape index (κ3) is 9.98. The van der Waals surface area contributed by atoms with Gasteiger partial charge < -0.3 is 29.0 Å². The van der Waals surface area contributed by atoms with Gasteiger partial charge in [-0.3, -0.25) is 26.6 Å². The van der Waals surface area contributed by atoms with Gasteiger partial charge >= 0.3 is 7.69 Å². The number of benzene rings is 4. The van der Waals surface area contributed by atoms with Crippen LogP contribution in [0, 0.1) is 0 Å². The first-order valence-corrected chi connectivity index (χ1v) is 19.4. The minimum Gasteiger partial charge on any atom is -0.755 e. The van der Waals surface area contributed by atoms with Crippen LogP contribution in [0.1, 0.15) is 30.5 Å². The Hall–Kier alpha value is -5.30. The van der Waals surface area contributed by atoms with Crippen molar-refractivity contribution in [1.29, 1.82) is 0 Å². The first-order chi connectivity index (χ1) is 25.7. The predicted octanol–water partition coefficient (Wildman–Crippen LogP) is 6.53. The van der Waals surface area contributed by atoms with Gasteiger partial charge in [0.15, 0.2) is 0 Å². The monoisotopic (exact) mass is 783 g/mol. The number of nitrogens with one attached hydrogen (secondary N) is 2. The molecule has 269 valence electrons. The molecule has 2 atom stereocenters. The van der Waals surface area contributed by atoms with Crippen molar-refractivity contribution in [1.82, 2.24) is 10.6 Å². The Kier molecular flexibility index (Phi) is 12.7. The number of hydrogen-bond donors (Lipinski definition) is 2. The molecule has 6 aromatic rings. The second-order valence-corrected chi connectivity index (χ2v) is 14.8. The molecular weight excluding hydrogens is 755 g/mol. The fraction of sp³-hybridized carbons (Fsp3) is 0.0556. The normalized spacial score (nSPS) is 11.9. The molecule has 6 rings (SSSR count). The molecule has 4 aromatic carbocycles. The summed E-state index contributed by atoms with van der Waals surface area (Å²) in [5.74, 6) is 0.0659. The average Bonchev–Trinajstić information content (AvgIpc) is 3.84. The van der Waals surface area contributed by atoms with Gasteiger partial charge in [0.05, 0.1) is 47.0 Å². The Labute approximate surface area is 319 Å². The van der Waals surface area contributed by atoms with Gasteiger partial charge in [-0.1, -0.05) is 48.5 Å². The molecule has 2 N–H and O–H groups in total. The zero-order valence-corrected chi connectivity index (χ0v) is 30.8. The van der Waals surface area contributed by atoms with Gasteiger partial charge in [0, 0.05) is 33.0 Å². The third-order valence-corrected chi connectivity index (χ3v) is 11.2. The molecule has 2 amide bonds. The quantitative estimate of drug-likeness (QED) is 0.0828. The first kappa shape index (κ1) is 37.5. The van der Waals surface area contributed by atoms with Crippen molar-refractivity contribution in [2.45, 2.75) is 13.1 Å². The maximum atomic E-state index is 12.4. The molecule has 0 bridgehead atoms. The number of carbonyl (C=O) groups is 2. The summed E-state index contributed by atoms with van der Waals surface area (Å²) >= 11 is -2.93. The van der Waals surface area contributed by atoms with Gasteiger partial charge in [0.2, 0.25) is 0 Å². The Morgan fingerprint density at radius 3 is 1.40 bits per heavy atom. The molecule has 0 saturated heterocycles. The van der Waals surface area contributed by atoms with Crippen LogP contribution in [0.4, 0.5) is 21.4 Å². The van der Waals surface area contributed by atoms with Gasteiger partial charge in [0.25, 0.3) is 11.8 Å². The Bertz CT molecular complexity index is 2070. The second-order valence-electron chi connectivity index (χ2n) is 10.9. The highest BCUT2D eigenvalue weighted by atomic mass is 32.2. The number of anilines is 4. The van der Waals surface area contributed by atoms with Crippen LogP contribution in [0.3, 0.4) is 0 Å². The highest BCUT2D eigenvalue weighted by Crippen LogP contribution is 2.36. The van der Waals surface area contributed by atoms with Gasteiger partial charge in [-0.05, 0) is 72.8 Å². The van der Waals surface area contributed by atoms with Crippen LogP contribution < -0.4 is 28.6 Å². The zero-order valence-electron chi connectivity index (χ0n) is 27.5. The molecule has 0 aliphatic carbocycles. The number of amides is 2. The van der Waals surface area contributed by atoms with E-state index in [-0.39, 0.29) is 36.4 Å². The summed E-state index contributed by atoms with van der Waals surface area (Å²) in [6.07, 6.45) is 0. The molecule has 12 nitrogen and oxygen atoms in total. The fourth-order valence-electron chi connectivity index (χ4n) is 4.93. The van der Waals surface area contributed by atoms with Crippen molar-refractivity contribution < 1.29 is 36.4 Å². The van der Waals surface area contributed by atoms with E-state index in [0.717, 1.165) is 26.0 Å². The molecule has 0 saturated carbocycles. The SMILES string of the molecule is O=C(NCc1ccc(N(c2cccc(O[B]Oc3cccc(N(c4ccc(CNC(=O)c5ccccc5)s4)S(=O)[O-])c3)c2)S(=O)[O-])s1)c1ccccc1. The lowest BCUT2D eigenvalue weighted by Gasteiger charge is -2.25. The van der Waals surface area contributed by atoms with Gasteiger partial charge in [-0.25, -0.2) is 0 Å². The smallest absolute Gasteiger partial charge is 0.658 e. The van der Waals surface area contributed by atoms with Crippen LogP contribution in [-0.2, 0) is 35.6 Å². The summed E-state index contributed by atoms with van der Waals surface area (Å²) in [6, 6.07) is 37.1. The van der Waals surface area contributed by atoms with E-state index in [1.165, 1.54) is 34.8 Å². The molecule has 2 heterocycles. The summed E-state index contributed by atoms with van der Waals surface area (Å²) in [5.41, 5.74) is 1.65. The van der Waals surface area contributed by atoms with Gasteiger partial charge in [-0.15, -0.1) is 22.7 Å². The van der Waals surface area contributed by atoms with E-state index >= 15 is 0 Å². The Morgan fingerprint density at radius 2 is 1.00 bits per heavy atom. The van der Waals surface area contributed by atoms with Crippen LogP contribution in [0.15, 0.2) is 133 Å². The van der Waals surface area contributed by atoms with Crippen LogP contribution in [0.2, 0.25) is 0 Å². The molecule has 0 aliphatic heterocycles. The Balaban J connectivity index is 1.06. The molecule has 0 fully saturated rings. The van der Waals surface area contributed by atoms with Crippen LogP contribution in [-0.4, -0.2) is 37.0 Å². The summed E-state index contributed by atoms with van der Waals surface area (Å²) in [5, 5.41) is 6.49. The lowest BCUT2D eigenvalue weighted by atomic mass is 10.2. The standard InChI is InChI=1S/C36H30BN4O8S4/c42-35(25-9-3-1-4-10-25)38-23-31-17-19-33(50-31)40(52(44)45)27-13-7-15-29(21-27)48-37-49-30-16-8-14-28(22-30)41(53(46)47)34-20-18-32(51-34)24-39-36(43)26-11-5-2-6-12-26/h1-22H,23-24H2,(H,38,42)(H,39,43)(H,44,45)(H,46,47)/p-2. The van der Waals surface area contributed by atoms with Crippen LogP contribution >= 0.6 is 22.7 Å². The molecule has 53 heavy (non-hydrogen) atoms. The molecule has 2 aromatic heterocycles. The van der Waals surface area contributed by atoms with Crippen molar-refractivity contribution in [2.24, 2.45) is 0 Å². The van der Waals surface area contributed by atoms with Crippen molar-refractivity contribution in [2.75, 3.05) is 8.61 Å². The van der Waals surface area contributed by atoms with E-state index in [9.17, 15) is 27.1 Å². The predicted molar refractivity (Wildman–Crippen MR) is 206 cm³/mol. The minimum atomic E-state index is -2.68. The summed E-state index contributed by atoms with van der Waals surface area (Å²) in [4.78, 5) is 26.4. The molecule has 17 heteroatoms. The molecule has 0 spiro atoms. The van der Waals surface area contributed by atoms with Crippen LogP contribution in [0.5, 0.6) is 11.5 Å². The topological polar surface area (TPSA) is 163 Å². The molecule has 2 unspecified atom stereocenters. The van der Waals surface area contributed by atoms with Gasteiger partial charge in [0.1, 0.15) is 21.5 Å².